The first-order valence-corrected chi connectivity index (χ1v) is 13.6. The molecule has 0 bridgehead atoms. The quantitative estimate of drug-likeness (QED) is 0.390. The Bertz CT molecular complexity index is 939. The number of hydrogen-bond acceptors (Lipinski definition) is 4. The molecule has 0 radical (unpaired) electrons. The third-order valence-corrected chi connectivity index (χ3v) is 7.14. The maximum atomic E-state index is 11.5. The first-order valence-electron chi connectivity index (χ1n) is 13.6. The summed E-state index contributed by atoms with van der Waals surface area (Å²) in [5.74, 6) is 0. The van der Waals surface area contributed by atoms with E-state index in [1.54, 1.807) is 0 Å². The van der Waals surface area contributed by atoms with E-state index < -0.39 is 0 Å². The molecule has 1 unspecified atom stereocenters. The van der Waals surface area contributed by atoms with Crippen molar-refractivity contribution in [1.29, 1.82) is 0 Å². The molecule has 190 valence electrons. The molecule has 4 heteroatoms. The van der Waals surface area contributed by atoms with Gasteiger partial charge in [0.15, 0.2) is 0 Å². The van der Waals surface area contributed by atoms with Gasteiger partial charge in [0, 0.05) is 54.3 Å². The minimum Gasteiger partial charge on any atom is -0.368 e. The molecule has 0 aliphatic carbocycles. The number of carbonyl (C=O) groups excluding carboxylic acids is 1. The Hall–Kier alpha value is -2.59. The average molecular weight is 476 g/mol. The fourth-order valence-corrected chi connectivity index (χ4v) is 5.49. The number of rotatable bonds is 8. The predicted octanol–water partition coefficient (Wildman–Crippen LogP) is 6.72. The first kappa shape index (κ1) is 27.0. The number of anilines is 1. The lowest BCUT2D eigenvalue weighted by atomic mass is 9.88. The van der Waals surface area contributed by atoms with Crippen LogP contribution in [0.4, 0.5) is 5.69 Å². The molecule has 3 aliphatic rings. The van der Waals surface area contributed by atoms with Gasteiger partial charge in [-0.25, -0.2) is 0 Å². The Morgan fingerprint density at radius 1 is 0.971 bits per heavy atom. The predicted molar refractivity (Wildman–Crippen MR) is 151 cm³/mol. The Balaban J connectivity index is 0.00000108. The Labute approximate surface area is 213 Å². The zero-order chi connectivity index (χ0) is 25.2. The maximum absolute atomic E-state index is 11.5. The highest BCUT2D eigenvalue weighted by Gasteiger charge is 2.32. The van der Waals surface area contributed by atoms with Crippen molar-refractivity contribution >= 4 is 17.5 Å². The SMILES string of the molecule is C=CC1=C(C=C)N(CCN2CCCCC2)CCN2c3cc(C=O)ccc3C(CCC)=CC12.CCC. The summed E-state index contributed by atoms with van der Waals surface area (Å²) < 4.78 is 0. The van der Waals surface area contributed by atoms with E-state index in [1.807, 2.05) is 18.2 Å². The van der Waals surface area contributed by atoms with Crippen molar-refractivity contribution in [3.05, 3.63) is 72.0 Å². The number of allylic oxidation sites excluding steroid dienone is 2. The normalized spacial score (nSPS) is 20.1. The van der Waals surface area contributed by atoms with Gasteiger partial charge < -0.3 is 14.7 Å². The molecule has 1 aromatic carbocycles. The fourth-order valence-electron chi connectivity index (χ4n) is 5.49. The summed E-state index contributed by atoms with van der Waals surface area (Å²) in [4.78, 5) is 19.1. The summed E-state index contributed by atoms with van der Waals surface area (Å²) >= 11 is 0. The average Bonchev–Trinajstić information content (AvgIpc) is 3.04. The number of nitrogens with zero attached hydrogens (tertiary/aromatic N) is 3. The van der Waals surface area contributed by atoms with Gasteiger partial charge in [0.25, 0.3) is 0 Å². The van der Waals surface area contributed by atoms with Crippen LogP contribution in [0.1, 0.15) is 75.2 Å². The summed E-state index contributed by atoms with van der Waals surface area (Å²) in [6.07, 6.45) is 14.8. The van der Waals surface area contributed by atoms with Crippen LogP contribution in [0.25, 0.3) is 5.57 Å². The summed E-state index contributed by atoms with van der Waals surface area (Å²) in [6.45, 7) is 21.2. The van der Waals surface area contributed by atoms with Gasteiger partial charge in [-0.15, -0.1) is 0 Å². The molecule has 3 aliphatic heterocycles. The standard InChI is InChI=1S/C28H37N3O.C3H8/c1-4-10-23-20-28-24(5-2)26(6-3)30(16-15-29-13-8-7-9-14-29)17-18-31(28)27-19-22(21-32)11-12-25(23)27;1-3-2/h5-6,11-12,19-21,28H,2-4,7-10,13-18H2,1H3;3H2,1-2H3. The van der Waals surface area contributed by atoms with Crippen molar-refractivity contribution < 1.29 is 4.79 Å². The summed E-state index contributed by atoms with van der Waals surface area (Å²) in [7, 11) is 0. The van der Waals surface area contributed by atoms with E-state index in [9.17, 15) is 4.79 Å². The number of carbonyl (C=O) groups is 1. The van der Waals surface area contributed by atoms with Gasteiger partial charge in [0.2, 0.25) is 0 Å². The lowest BCUT2D eigenvalue weighted by molar-refractivity contribution is 0.112. The van der Waals surface area contributed by atoms with Crippen LogP contribution in [-0.2, 0) is 0 Å². The highest BCUT2D eigenvalue weighted by molar-refractivity contribution is 5.87. The molecule has 0 spiro atoms. The number of aldehydes is 1. The van der Waals surface area contributed by atoms with Gasteiger partial charge in [-0.2, -0.15) is 0 Å². The minimum absolute atomic E-state index is 0.122. The van der Waals surface area contributed by atoms with Crippen LogP contribution in [0.3, 0.4) is 0 Å². The van der Waals surface area contributed by atoms with Gasteiger partial charge in [0.1, 0.15) is 6.29 Å². The number of hydrogen-bond donors (Lipinski definition) is 0. The molecular weight excluding hydrogens is 430 g/mol. The van der Waals surface area contributed by atoms with Crippen LogP contribution in [0.2, 0.25) is 0 Å². The molecule has 35 heavy (non-hydrogen) atoms. The molecule has 4 nitrogen and oxygen atoms in total. The molecule has 1 atom stereocenters. The molecule has 0 saturated carbocycles. The van der Waals surface area contributed by atoms with Crippen molar-refractivity contribution in [3.8, 4) is 0 Å². The molecule has 0 aromatic heterocycles. The Morgan fingerprint density at radius 2 is 1.71 bits per heavy atom. The monoisotopic (exact) mass is 475 g/mol. The number of fused-ring (bicyclic) bond motifs is 3. The van der Waals surface area contributed by atoms with Crippen LogP contribution in [0, 0.1) is 0 Å². The molecule has 0 amide bonds. The second-order valence-corrected chi connectivity index (χ2v) is 9.82. The lowest BCUT2D eigenvalue weighted by Crippen LogP contribution is -2.41. The topological polar surface area (TPSA) is 26.8 Å². The Morgan fingerprint density at radius 3 is 2.34 bits per heavy atom. The fraction of sp³-hybridized carbons (Fsp3) is 0.516. The maximum Gasteiger partial charge on any atom is 0.150 e. The van der Waals surface area contributed by atoms with Gasteiger partial charge >= 0.3 is 0 Å². The van der Waals surface area contributed by atoms with Crippen molar-refractivity contribution in [2.24, 2.45) is 0 Å². The van der Waals surface area contributed by atoms with Crippen LogP contribution in [0.15, 0.2) is 60.9 Å². The van der Waals surface area contributed by atoms with E-state index >= 15 is 0 Å². The number of benzene rings is 1. The van der Waals surface area contributed by atoms with E-state index in [-0.39, 0.29) is 6.04 Å². The smallest absolute Gasteiger partial charge is 0.150 e. The molecule has 3 heterocycles. The largest absolute Gasteiger partial charge is 0.368 e. The van der Waals surface area contributed by atoms with E-state index in [0.717, 1.165) is 50.9 Å². The number of piperidine rings is 1. The second-order valence-electron chi connectivity index (χ2n) is 9.82. The summed E-state index contributed by atoms with van der Waals surface area (Å²) in [5.41, 5.74) is 6.95. The zero-order valence-corrected chi connectivity index (χ0v) is 22.3. The van der Waals surface area contributed by atoms with Gasteiger partial charge in [-0.3, -0.25) is 4.79 Å². The van der Waals surface area contributed by atoms with Crippen molar-refractivity contribution in [2.45, 2.75) is 65.3 Å². The molecule has 1 aromatic rings. The molecule has 1 saturated heterocycles. The molecule has 1 fully saturated rings. The van der Waals surface area contributed by atoms with E-state index in [0.29, 0.717) is 0 Å². The first-order chi connectivity index (χ1) is 17.1. The van der Waals surface area contributed by atoms with E-state index in [2.05, 4.69) is 66.8 Å². The second kappa shape index (κ2) is 13.5. The van der Waals surface area contributed by atoms with Gasteiger partial charge in [-0.05, 0) is 50.1 Å². The van der Waals surface area contributed by atoms with Crippen molar-refractivity contribution in [2.75, 3.05) is 44.2 Å². The highest BCUT2D eigenvalue weighted by atomic mass is 16.1. The highest BCUT2D eigenvalue weighted by Crippen LogP contribution is 2.40. The number of likely N-dealkylation sites (tertiary alicyclic amines) is 1. The molecule has 0 N–H and O–H groups in total. The van der Waals surface area contributed by atoms with E-state index in [1.165, 1.54) is 66.9 Å². The lowest BCUT2D eigenvalue weighted by Gasteiger charge is -2.37. The van der Waals surface area contributed by atoms with Crippen LogP contribution < -0.4 is 4.90 Å². The Kier molecular flexibility index (Phi) is 10.4. The van der Waals surface area contributed by atoms with Crippen LogP contribution >= 0.6 is 0 Å². The third-order valence-electron chi connectivity index (χ3n) is 7.14. The molecular formula is C31H45N3O. The molecule has 4 rings (SSSR count). The van der Waals surface area contributed by atoms with Crippen LogP contribution in [0.5, 0.6) is 0 Å². The summed E-state index contributed by atoms with van der Waals surface area (Å²) in [6, 6.07) is 6.26. The minimum atomic E-state index is 0.122. The van der Waals surface area contributed by atoms with Gasteiger partial charge in [-0.1, -0.05) is 77.5 Å². The third kappa shape index (κ3) is 6.35. The zero-order valence-electron chi connectivity index (χ0n) is 22.3. The van der Waals surface area contributed by atoms with Crippen molar-refractivity contribution in [1.82, 2.24) is 9.80 Å². The van der Waals surface area contributed by atoms with Gasteiger partial charge in [0.05, 0.1) is 6.04 Å². The van der Waals surface area contributed by atoms with E-state index in [4.69, 9.17) is 0 Å². The van der Waals surface area contributed by atoms with Crippen molar-refractivity contribution in [3.63, 3.8) is 0 Å². The van der Waals surface area contributed by atoms with Crippen LogP contribution in [-0.4, -0.2) is 61.4 Å². The summed E-state index contributed by atoms with van der Waals surface area (Å²) in [5, 5.41) is 0.